The van der Waals surface area contributed by atoms with Crippen molar-refractivity contribution in [1.29, 1.82) is 0 Å². The van der Waals surface area contributed by atoms with Crippen LogP contribution in [0, 0.1) is 0 Å². The highest BCUT2D eigenvalue weighted by Gasteiger charge is 2.14. The average Bonchev–Trinajstić information content (AvgIpc) is 3.08. The van der Waals surface area contributed by atoms with Crippen molar-refractivity contribution in [2.24, 2.45) is 4.99 Å². The number of benzene rings is 2. The van der Waals surface area contributed by atoms with Gasteiger partial charge >= 0.3 is 0 Å². The zero-order chi connectivity index (χ0) is 21.0. The summed E-state index contributed by atoms with van der Waals surface area (Å²) in [5, 5.41) is 0. The zero-order valence-corrected chi connectivity index (χ0v) is 17.5. The molecule has 29 heavy (non-hydrogen) atoms. The van der Waals surface area contributed by atoms with Gasteiger partial charge in [0, 0.05) is 24.2 Å². The van der Waals surface area contributed by atoms with Gasteiger partial charge in [-0.15, -0.1) is 6.58 Å². The van der Waals surface area contributed by atoms with Crippen molar-refractivity contribution in [3.05, 3.63) is 53.4 Å². The average molecular weight is 414 g/mol. The van der Waals surface area contributed by atoms with E-state index >= 15 is 0 Å². The normalized spacial score (nSPS) is 11.4. The molecular formula is C21H22N2O5S. The van der Waals surface area contributed by atoms with Gasteiger partial charge < -0.3 is 23.5 Å². The van der Waals surface area contributed by atoms with Crippen molar-refractivity contribution >= 4 is 27.5 Å². The number of carbonyl (C=O) groups excluding carboxylic acids is 1. The number of hydrogen-bond acceptors (Lipinski definition) is 6. The Hall–Kier alpha value is -3.26. The van der Waals surface area contributed by atoms with E-state index < -0.39 is 0 Å². The molecule has 0 atom stereocenters. The number of methoxy groups -OCH3 is 4. The van der Waals surface area contributed by atoms with Crippen LogP contribution in [0.1, 0.15) is 10.4 Å². The van der Waals surface area contributed by atoms with Gasteiger partial charge in [-0.2, -0.15) is 4.99 Å². The van der Waals surface area contributed by atoms with E-state index in [0.717, 1.165) is 10.2 Å². The molecule has 0 radical (unpaired) electrons. The van der Waals surface area contributed by atoms with Crippen LogP contribution in [0.25, 0.3) is 10.2 Å². The number of nitrogens with zero attached hydrogens (tertiary/aromatic N) is 2. The third-order valence-electron chi connectivity index (χ3n) is 4.33. The quantitative estimate of drug-likeness (QED) is 0.552. The molecule has 0 saturated heterocycles. The van der Waals surface area contributed by atoms with Crippen LogP contribution in [-0.2, 0) is 6.54 Å². The number of thiazole rings is 1. The van der Waals surface area contributed by atoms with Crippen LogP contribution in [0.4, 0.5) is 0 Å². The van der Waals surface area contributed by atoms with E-state index in [0.29, 0.717) is 39.9 Å². The molecule has 0 fully saturated rings. The number of aromatic nitrogens is 1. The summed E-state index contributed by atoms with van der Waals surface area (Å²) in [5.41, 5.74) is 1.28. The Balaban J connectivity index is 2.14. The first-order valence-corrected chi connectivity index (χ1v) is 9.55. The molecule has 0 saturated carbocycles. The van der Waals surface area contributed by atoms with Crippen LogP contribution in [-0.4, -0.2) is 38.9 Å². The molecule has 8 heteroatoms. The first-order chi connectivity index (χ1) is 14.1. The SMILES string of the molecule is C=CCn1c(=NC(=O)c2ccc(OC)c(OC)c2)sc2cc(OC)c(OC)cc21. The van der Waals surface area contributed by atoms with Crippen molar-refractivity contribution in [3.63, 3.8) is 0 Å². The third kappa shape index (κ3) is 3.97. The lowest BCUT2D eigenvalue weighted by molar-refractivity contribution is 0.0997. The minimum Gasteiger partial charge on any atom is -0.493 e. The first-order valence-electron chi connectivity index (χ1n) is 8.73. The fourth-order valence-corrected chi connectivity index (χ4v) is 3.96. The van der Waals surface area contributed by atoms with E-state index in [1.807, 2.05) is 16.7 Å². The maximum absolute atomic E-state index is 12.8. The summed E-state index contributed by atoms with van der Waals surface area (Å²) >= 11 is 1.39. The Kier molecular flexibility index (Phi) is 6.23. The molecule has 1 aromatic heterocycles. The summed E-state index contributed by atoms with van der Waals surface area (Å²) in [4.78, 5) is 17.7. The van der Waals surface area contributed by atoms with Gasteiger partial charge in [-0.25, -0.2) is 0 Å². The van der Waals surface area contributed by atoms with Crippen LogP contribution in [0.3, 0.4) is 0 Å². The molecule has 0 aliphatic rings. The van der Waals surface area contributed by atoms with Gasteiger partial charge in [0.2, 0.25) is 0 Å². The van der Waals surface area contributed by atoms with E-state index in [1.165, 1.54) is 18.4 Å². The van der Waals surface area contributed by atoms with Gasteiger partial charge in [-0.1, -0.05) is 17.4 Å². The van der Waals surface area contributed by atoms with E-state index in [9.17, 15) is 4.79 Å². The Labute approximate surface area is 172 Å². The van der Waals surface area contributed by atoms with Gasteiger partial charge in [-0.05, 0) is 18.2 Å². The molecular weight excluding hydrogens is 392 g/mol. The molecule has 3 aromatic rings. The van der Waals surface area contributed by atoms with Gasteiger partial charge in [0.25, 0.3) is 5.91 Å². The van der Waals surface area contributed by atoms with Crippen LogP contribution >= 0.6 is 11.3 Å². The zero-order valence-electron chi connectivity index (χ0n) is 16.7. The maximum Gasteiger partial charge on any atom is 0.279 e. The second-order valence-corrected chi connectivity index (χ2v) is 6.95. The molecule has 1 heterocycles. The molecule has 152 valence electrons. The van der Waals surface area contributed by atoms with Crippen LogP contribution in [0.15, 0.2) is 48.0 Å². The van der Waals surface area contributed by atoms with E-state index in [4.69, 9.17) is 18.9 Å². The number of allylic oxidation sites excluding steroid dienone is 1. The van der Waals surface area contributed by atoms with Gasteiger partial charge in [-0.3, -0.25) is 4.79 Å². The fourth-order valence-electron chi connectivity index (χ4n) is 2.91. The Morgan fingerprint density at radius 3 is 2.24 bits per heavy atom. The number of amides is 1. The topological polar surface area (TPSA) is 71.3 Å². The molecule has 7 nitrogen and oxygen atoms in total. The lowest BCUT2D eigenvalue weighted by Crippen LogP contribution is -2.16. The number of carbonyl (C=O) groups is 1. The predicted octanol–water partition coefficient (Wildman–Crippen LogP) is 3.66. The molecule has 2 aromatic carbocycles. The number of hydrogen-bond donors (Lipinski definition) is 0. The standard InChI is InChI=1S/C21H22N2O5S/c1-6-9-23-14-11-17(27-4)18(28-5)12-19(14)29-21(23)22-20(24)13-7-8-15(25-2)16(10-13)26-3/h6-8,10-12H,1,9H2,2-5H3. The second-order valence-electron chi connectivity index (χ2n) is 5.95. The molecule has 1 amide bonds. The van der Waals surface area contributed by atoms with Crippen molar-refractivity contribution < 1.29 is 23.7 Å². The predicted molar refractivity (Wildman–Crippen MR) is 113 cm³/mol. The Morgan fingerprint density at radius 1 is 1.00 bits per heavy atom. The molecule has 0 unspecified atom stereocenters. The van der Waals surface area contributed by atoms with Crippen molar-refractivity contribution in [1.82, 2.24) is 4.57 Å². The highest BCUT2D eigenvalue weighted by Crippen LogP contribution is 2.33. The number of fused-ring (bicyclic) bond motifs is 1. The molecule has 3 rings (SSSR count). The van der Waals surface area contributed by atoms with Crippen LogP contribution < -0.4 is 23.7 Å². The van der Waals surface area contributed by atoms with Crippen molar-refractivity contribution in [2.45, 2.75) is 6.54 Å². The summed E-state index contributed by atoms with van der Waals surface area (Å²) in [5.74, 6) is 1.86. The molecule has 0 aliphatic heterocycles. The van der Waals surface area contributed by atoms with E-state index in [2.05, 4.69) is 11.6 Å². The monoisotopic (exact) mass is 414 g/mol. The smallest absolute Gasteiger partial charge is 0.279 e. The lowest BCUT2D eigenvalue weighted by Gasteiger charge is -2.08. The Bertz CT molecular complexity index is 1130. The highest BCUT2D eigenvalue weighted by atomic mass is 32.1. The first kappa shape index (κ1) is 20.5. The van der Waals surface area contributed by atoms with Crippen molar-refractivity contribution in [2.75, 3.05) is 28.4 Å². The van der Waals surface area contributed by atoms with Crippen LogP contribution in [0.5, 0.6) is 23.0 Å². The van der Waals surface area contributed by atoms with Gasteiger partial charge in [0.15, 0.2) is 27.8 Å². The van der Waals surface area contributed by atoms with Crippen molar-refractivity contribution in [3.8, 4) is 23.0 Å². The van der Waals surface area contributed by atoms with Crippen LogP contribution in [0.2, 0.25) is 0 Å². The van der Waals surface area contributed by atoms with E-state index in [-0.39, 0.29) is 5.91 Å². The fraction of sp³-hybridized carbons (Fsp3) is 0.238. The third-order valence-corrected chi connectivity index (χ3v) is 5.37. The maximum atomic E-state index is 12.8. The number of ether oxygens (including phenoxy) is 4. The second kappa shape index (κ2) is 8.83. The van der Waals surface area contributed by atoms with E-state index in [1.54, 1.807) is 45.6 Å². The summed E-state index contributed by atoms with van der Waals surface area (Å²) in [6.45, 7) is 4.30. The summed E-state index contributed by atoms with van der Waals surface area (Å²) in [6.07, 6.45) is 1.75. The largest absolute Gasteiger partial charge is 0.493 e. The summed E-state index contributed by atoms with van der Waals surface area (Å²) < 4.78 is 24.1. The minimum atomic E-state index is -0.380. The van der Waals surface area contributed by atoms with Gasteiger partial charge in [0.05, 0.1) is 38.7 Å². The molecule has 0 bridgehead atoms. The molecule has 0 spiro atoms. The highest BCUT2D eigenvalue weighted by molar-refractivity contribution is 7.16. The summed E-state index contributed by atoms with van der Waals surface area (Å²) in [7, 11) is 6.23. The Morgan fingerprint density at radius 2 is 1.62 bits per heavy atom. The van der Waals surface area contributed by atoms with Gasteiger partial charge in [0.1, 0.15) is 0 Å². The lowest BCUT2D eigenvalue weighted by atomic mass is 10.2. The molecule has 0 aliphatic carbocycles. The molecule has 0 N–H and O–H groups in total. The number of rotatable bonds is 7. The minimum absolute atomic E-state index is 0.380. The summed E-state index contributed by atoms with van der Waals surface area (Å²) in [6, 6.07) is 8.69.